The van der Waals surface area contributed by atoms with Crippen molar-refractivity contribution in [1.82, 2.24) is 4.90 Å². The van der Waals surface area contributed by atoms with E-state index in [-0.39, 0.29) is 17.2 Å². The van der Waals surface area contributed by atoms with Gasteiger partial charge in [0.15, 0.2) is 0 Å². The lowest BCUT2D eigenvalue weighted by Crippen LogP contribution is -2.49. The highest BCUT2D eigenvalue weighted by atomic mass is 16.5. The number of carboxylic acids is 1. The van der Waals surface area contributed by atoms with Crippen LogP contribution < -0.4 is 4.74 Å². The molecule has 1 unspecified atom stereocenters. The first-order valence-corrected chi connectivity index (χ1v) is 10.1. The molecule has 0 bridgehead atoms. The number of aliphatic carboxylic acids is 1. The highest BCUT2D eigenvalue weighted by Gasteiger charge is 2.59. The monoisotopic (exact) mass is 371 g/mol. The van der Waals surface area contributed by atoms with Crippen molar-refractivity contribution in [1.29, 1.82) is 0 Å². The maximum Gasteiger partial charge on any atom is 0.307 e. The number of benzene rings is 1. The van der Waals surface area contributed by atoms with Gasteiger partial charge in [-0.2, -0.15) is 0 Å². The number of aryl methyl sites for hydroxylation is 1. The Kier molecular flexibility index (Phi) is 4.44. The maximum atomic E-state index is 13.6. The Morgan fingerprint density at radius 2 is 1.81 bits per heavy atom. The third-order valence-corrected chi connectivity index (χ3v) is 7.36. The molecule has 0 aromatic heterocycles. The highest BCUT2D eigenvalue weighted by Crippen LogP contribution is 2.59. The van der Waals surface area contributed by atoms with Gasteiger partial charge in [0.05, 0.1) is 18.4 Å². The van der Waals surface area contributed by atoms with Crippen molar-refractivity contribution in [3.63, 3.8) is 0 Å². The topological polar surface area (TPSA) is 66.8 Å². The Morgan fingerprint density at radius 3 is 2.37 bits per heavy atom. The first kappa shape index (κ1) is 18.3. The number of carbonyl (C=O) groups excluding carboxylic acids is 1. The number of carboxylic acid groups (broad SMARTS) is 1. The summed E-state index contributed by atoms with van der Waals surface area (Å²) < 4.78 is 5.50. The molecule has 1 amide bonds. The van der Waals surface area contributed by atoms with Crippen LogP contribution in [0.15, 0.2) is 18.2 Å². The van der Waals surface area contributed by atoms with Gasteiger partial charge in [-0.15, -0.1) is 0 Å². The number of ether oxygens (including phenoxy) is 1. The second kappa shape index (κ2) is 6.54. The third-order valence-electron chi connectivity index (χ3n) is 7.36. The molecule has 1 saturated heterocycles. The van der Waals surface area contributed by atoms with E-state index in [0.29, 0.717) is 13.1 Å². The number of piperidine rings is 1. The van der Waals surface area contributed by atoms with Gasteiger partial charge in [-0.3, -0.25) is 9.59 Å². The summed E-state index contributed by atoms with van der Waals surface area (Å²) in [7, 11) is 1.67. The van der Waals surface area contributed by atoms with Gasteiger partial charge in [0.1, 0.15) is 5.75 Å². The molecule has 1 N–H and O–H groups in total. The summed E-state index contributed by atoms with van der Waals surface area (Å²) in [4.78, 5) is 26.9. The van der Waals surface area contributed by atoms with Gasteiger partial charge in [-0.25, -0.2) is 0 Å². The summed E-state index contributed by atoms with van der Waals surface area (Å²) in [6.07, 6.45) is 6.34. The summed E-state index contributed by atoms with van der Waals surface area (Å²) >= 11 is 0. The molecule has 27 heavy (non-hydrogen) atoms. The molecule has 1 aromatic rings. The molecule has 1 aromatic carbocycles. The molecule has 5 heteroatoms. The van der Waals surface area contributed by atoms with Gasteiger partial charge in [-0.1, -0.05) is 25.0 Å². The Bertz CT molecular complexity index is 758. The van der Waals surface area contributed by atoms with Crippen molar-refractivity contribution in [3.8, 4) is 5.75 Å². The molecule has 2 aliphatic carbocycles. The predicted molar refractivity (Wildman–Crippen MR) is 102 cm³/mol. The van der Waals surface area contributed by atoms with E-state index in [2.05, 4.69) is 6.07 Å². The van der Waals surface area contributed by atoms with Crippen LogP contribution in [0.2, 0.25) is 0 Å². The second-order valence-electron chi connectivity index (χ2n) is 8.72. The van der Waals surface area contributed by atoms with E-state index < -0.39 is 11.4 Å². The molecule has 0 radical (unpaired) electrons. The number of nitrogens with zero attached hydrogens (tertiary/aromatic N) is 1. The first-order valence-electron chi connectivity index (χ1n) is 10.1. The molecule has 3 aliphatic rings. The lowest BCUT2D eigenvalue weighted by molar-refractivity contribution is -0.140. The van der Waals surface area contributed by atoms with E-state index in [4.69, 9.17) is 4.74 Å². The summed E-state index contributed by atoms with van der Waals surface area (Å²) in [6.45, 7) is 3.39. The number of hydrogen-bond donors (Lipinski definition) is 1. The SMILES string of the molecule is COc1cc(C2(C(=O)N3CCC4(CC3)CC4C(=O)O)CCCC2)ccc1C. The molecule has 4 rings (SSSR count). The average Bonchev–Trinajstić information content (AvgIpc) is 3.14. The van der Waals surface area contributed by atoms with Crippen LogP contribution in [0, 0.1) is 18.3 Å². The van der Waals surface area contributed by atoms with Crippen LogP contribution in [0.3, 0.4) is 0 Å². The second-order valence-corrected chi connectivity index (χ2v) is 8.72. The van der Waals surface area contributed by atoms with Crippen molar-refractivity contribution in [2.24, 2.45) is 11.3 Å². The normalized spacial score (nSPS) is 25.4. The van der Waals surface area contributed by atoms with E-state index in [1.807, 2.05) is 24.0 Å². The lowest BCUT2D eigenvalue weighted by atomic mass is 9.76. The minimum atomic E-state index is -0.672. The van der Waals surface area contributed by atoms with Crippen LogP contribution in [0.1, 0.15) is 56.1 Å². The van der Waals surface area contributed by atoms with Crippen LogP contribution >= 0.6 is 0 Å². The first-order chi connectivity index (χ1) is 12.9. The Morgan fingerprint density at radius 1 is 1.15 bits per heavy atom. The van der Waals surface area contributed by atoms with Crippen molar-refractivity contribution in [2.75, 3.05) is 20.2 Å². The Hall–Kier alpha value is -2.04. The standard InChI is InChI=1S/C22H29NO4/c1-15-5-6-16(13-18(15)27-2)22(7-3-4-8-22)20(26)23-11-9-21(10-12-23)14-17(21)19(24)25/h5-6,13,17H,3-4,7-12,14H2,1-2H3,(H,24,25). The maximum absolute atomic E-state index is 13.6. The minimum absolute atomic E-state index is 0.0431. The van der Waals surface area contributed by atoms with E-state index in [9.17, 15) is 14.7 Å². The lowest BCUT2D eigenvalue weighted by Gasteiger charge is -2.39. The van der Waals surface area contributed by atoms with Crippen molar-refractivity contribution in [2.45, 2.75) is 57.3 Å². The summed E-state index contributed by atoms with van der Waals surface area (Å²) in [5.74, 6) is 0.199. The zero-order valence-corrected chi connectivity index (χ0v) is 16.3. The minimum Gasteiger partial charge on any atom is -0.496 e. The van der Waals surface area contributed by atoms with Gasteiger partial charge in [0.25, 0.3) is 0 Å². The molecule has 1 spiro atoms. The molecule has 1 atom stereocenters. The van der Waals surface area contributed by atoms with Gasteiger partial charge < -0.3 is 14.7 Å². The van der Waals surface area contributed by atoms with Crippen molar-refractivity contribution >= 4 is 11.9 Å². The molecule has 1 heterocycles. The zero-order valence-electron chi connectivity index (χ0n) is 16.3. The Balaban J connectivity index is 1.55. The third kappa shape index (κ3) is 2.91. The number of likely N-dealkylation sites (tertiary alicyclic amines) is 1. The molecule has 1 aliphatic heterocycles. The van der Waals surface area contributed by atoms with Gasteiger partial charge in [0, 0.05) is 13.1 Å². The van der Waals surface area contributed by atoms with Gasteiger partial charge in [-0.05, 0) is 61.6 Å². The molecular weight excluding hydrogens is 342 g/mol. The number of carbonyl (C=O) groups is 2. The number of rotatable bonds is 4. The van der Waals surface area contributed by atoms with E-state index in [1.54, 1.807) is 7.11 Å². The smallest absolute Gasteiger partial charge is 0.307 e. The fourth-order valence-electron chi connectivity index (χ4n) is 5.43. The molecule has 146 valence electrons. The van der Waals surface area contributed by atoms with E-state index in [0.717, 1.165) is 61.8 Å². The Labute approximate surface area is 160 Å². The van der Waals surface area contributed by atoms with Crippen molar-refractivity contribution in [3.05, 3.63) is 29.3 Å². The highest BCUT2D eigenvalue weighted by molar-refractivity contribution is 5.89. The molecule has 5 nitrogen and oxygen atoms in total. The van der Waals surface area contributed by atoms with E-state index >= 15 is 0 Å². The summed E-state index contributed by atoms with van der Waals surface area (Å²) in [5.41, 5.74) is 1.66. The average molecular weight is 371 g/mol. The summed E-state index contributed by atoms with van der Waals surface area (Å²) in [6, 6.07) is 6.19. The molecule has 2 saturated carbocycles. The molecular formula is C22H29NO4. The van der Waals surface area contributed by atoms with Crippen LogP contribution in [0.25, 0.3) is 0 Å². The van der Waals surface area contributed by atoms with Crippen molar-refractivity contribution < 1.29 is 19.4 Å². The van der Waals surface area contributed by atoms with E-state index in [1.165, 1.54) is 0 Å². The van der Waals surface area contributed by atoms with Crippen LogP contribution in [0.4, 0.5) is 0 Å². The number of amides is 1. The fraction of sp³-hybridized carbons (Fsp3) is 0.636. The van der Waals surface area contributed by atoms with Crippen LogP contribution in [0.5, 0.6) is 5.75 Å². The quantitative estimate of drug-likeness (QED) is 0.879. The predicted octanol–water partition coefficient (Wildman–Crippen LogP) is 3.53. The number of hydrogen-bond acceptors (Lipinski definition) is 3. The number of methoxy groups -OCH3 is 1. The van der Waals surface area contributed by atoms with Gasteiger partial charge >= 0.3 is 5.97 Å². The molecule has 3 fully saturated rings. The van der Waals surface area contributed by atoms with Gasteiger partial charge in [0.2, 0.25) is 5.91 Å². The zero-order chi connectivity index (χ0) is 19.2. The largest absolute Gasteiger partial charge is 0.496 e. The summed E-state index contributed by atoms with van der Waals surface area (Å²) in [5, 5.41) is 9.29. The fourth-order valence-corrected chi connectivity index (χ4v) is 5.43. The van der Waals surface area contributed by atoms with Crippen LogP contribution in [-0.2, 0) is 15.0 Å². The van der Waals surface area contributed by atoms with Crippen LogP contribution in [-0.4, -0.2) is 42.1 Å².